The van der Waals surface area contributed by atoms with Crippen molar-refractivity contribution in [3.05, 3.63) is 52.6 Å². The van der Waals surface area contributed by atoms with E-state index in [2.05, 4.69) is 17.1 Å². The maximum Gasteiger partial charge on any atom is 0.274 e. The number of carbonyl (C=O) groups excluding carboxylic acids is 2. The molecule has 0 atom stereocenters. The van der Waals surface area contributed by atoms with E-state index in [1.165, 1.54) is 24.3 Å². The second-order valence-electron chi connectivity index (χ2n) is 7.49. The Kier molecular flexibility index (Phi) is 4.68. The summed E-state index contributed by atoms with van der Waals surface area (Å²) in [5.74, 6) is 0.0551. The number of nitrogens with one attached hydrogen (secondary N) is 1. The maximum atomic E-state index is 13.1. The van der Waals surface area contributed by atoms with Crippen molar-refractivity contribution in [2.45, 2.75) is 32.7 Å². The van der Waals surface area contributed by atoms with Crippen LogP contribution in [-0.4, -0.2) is 51.4 Å². The number of piperidine rings is 1. The molecule has 0 spiro atoms. The molecule has 27 heavy (non-hydrogen) atoms. The molecule has 2 amide bonds. The summed E-state index contributed by atoms with van der Waals surface area (Å²) in [5, 5.41) is 7.24. The summed E-state index contributed by atoms with van der Waals surface area (Å²) in [7, 11) is 0. The second-order valence-corrected chi connectivity index (χ2v) is 7.49. The number of aromatic amines is 1. The Morgan fingerprint density at radius 3 is 2.48 bits per heavy atom. The lowest BCUT2D eigenvalue weighted by molar-refractivity contribution is 0.0676. The third kappa shape index (κ3) is 3.46. The van der Waals surface area contributed by atoms with Crippen molar-refractivity contribution in [1.29, 1.82) is 0 Å². The van der Waals surface area contributed by atoms with E-state index in [1.54, 1.807) is 4.90 Å². The van der Waals surface area contributed by atoms with Crippen molar-refractivity contribution in [3.63, 3.8) is 0 Å². The van der Waals surface area contributed by atoms with Gasteiger partial charge in [-0.25, -0.2) is 4.39 Å². The zero-order chi connectivity index (χ0) is 19.0. The minimum atomic E-state index is -0.369. The van der Waals surface area contributed by atoms with Gasteiger partial charge >= 0.3 is 0 Å². The lowest BCUT2D eigenvalue weighted by atomic mass is 9.98. The van der Waals surface area contributed by atoms with Crippen LogP contribution in [0.15, 0.2) is 24.3 Å². The van der Waals surface area contributed by atoms with E-state index in [-0.39, 0.29) is 17.6 Å². The minimum Gasteiger partial charge on any atom is -0.337 e. The van der Waals surface area contributed by atoms with Crippen molar-refractivity contribution in [1.82, 2.24) is 20.0 Å². The van der Waals surface area contributed by atoms with Crippen LogP contribution < -0.4 is 0 Å². The van der Waals surface area contributed by atoms with Gasteiger partial charge in [-0.15, -0.1) is 0 Å². The lowest BCUT2D eigenvalue weighted by Gasteiger charge is -2.31. The van der Waals surface area contributed by atoms with Crippen LogP contribution in [0.1, 0.15) is 51.9 Å². The van der Waals surface area contributed by atoms with E-state index in [4.69, 9.17) is 0 Å². The van der Waals surface area contributed by atoms with Crippen LogP contribution in [0.25, 0.3) is 0 Å². The molecule has 0 radical (unpaired) electrons. The lowest BCUT2D eigenvalue weighted by Crippen LogP contribution is -2.40. The molecule has 7 heteroatoms. The highest BCUT2D eigenvalue weighted by Gasteiger charge is 2.31. The fraction of sp³-hybridized carbons (Fsp3) is 0.450. The zero-order valence-corrected chi connectivity index (χ0v) is 15.4. The van der Waals surface area contributed by atoms with Gasteiger partial charge in [-0.1, -0.05) is 6.92 Å². The summed E-state index contributed by atoms with van der Waals surface area (Å²) < 4.78 is 13.1. The molecule has 0 unspecified atom stereocenters. The fourth-order valence-electron chi connectivity index (χ4n) is 3.78. The van der Waals surface area contributed by atoms with Gasteiger partial charge in [0.25, 0.3) is 11.8 Å². The maximum absolute atomic E-state index is 13.1. The number of nitrogens with zero attached hydrogens (tertiary/aromatic N) is 3. The molecule has 4 rings (SSSR count). The van der Waals surface area contributed by atoms with E-state index in [0.717, 1.165) is 37.2 Å². The Balaban J connectivity index is 1.52. The van der Waals surface area contributed by atoms with Gasteiger partial charge in [-0.2, -0.15) is 5.10 Å². The number of halogens is 1. The van der Waals surface area contributed by atoms with Crippen LogP contribution in [0.2, 0.25) is 0 Å². The van der Waals surface area contributed by atoms with Crippen LogP contribution >= 0.6 is 0 Å². The molecule has 0 bridgehead atoms. The van der Waals surface area contributed by atoms with Gasteiger partial charge in [0.2, 0.25) is 0 Å². The van der Waals surface area contributed by atoms with Crippen LogP contribution in [0, 0.1) is 11.7 Å². The summed E-state index contributed by atoms with van der Waals surface area (Å²) in [6.07, 6.45) is 2.64. The largest absolute Gasteiger partial charge is 0.337 e. The highest BCUT2D eigenvalue weighted by Crippen LogP contribution is 2.25. The summed E-state index contributed by atoms with van der Waals surface area (Å²) >= 11 is 0. The molecule has 1 saturated heterocycles. The molecule has 142 valence electrons. The molecular weight excluding hydrogens is 347 g/mol. The van der Waals surface area contributed by atoms with Gasteiger partial charge < -0.3 is 9.80 Å². The van der Waals surface area contributed by atoms with E-state index >= 15 is 0 Å². The van der Waals surface area contributed by atoms with Crippen molar-refractivity contribution < 1.29 is 14.0 Å². The van der Waals surface area contributed by atoms with Gasteiger partial charge in [0.15, 0.2) is 5.69 Å². The third-order valence-corrected chi connectivity index (χ3v) is 5.59. The van der Waals surface area contributed by atoms with Gasteiger partial charge in [0.05, 0.1) is 6.54 Å². The Morgan fingerprint density at radius 2 is 1.78 bits per heavy atom. The molecule has 1 N–H and O–H groups in total. The number of amides is 2. The number of rotatable bonds is 2. The van der Waals surface area contributed by atoms with Gasteiger partial charge in [-0.3, -0.25) is 14.7 Å². The van der Waals surface area contributed by atoms with Crippen LogP contribution in [0.3, 0.4) is 0 Å². The summed E-state index contributed by atoms with van der Waals surface area (Å²) in [6.45, 7) is 4.59. The average molecular weight is 370 g/mol. The SMILES string of the molecule is CC1CCN(C(=O)c2n[nH]c3c2CN(C(=O)c2ccc(F)cc2)CC3)CC1. The number of hydrogen-bond donors (Lipinski definition) is 1. The van der Waals surface area contributed by atoms with Crippen LogP contribution in [-0.2, 0) is 13.0 Å². The predicted octanol–water partition coefficient (Wildman–Crippen LogP) is 2.62. The quantitative estimate of drug-likeness (QED) is 0.884. The van der Waals surface area contributed by atoms with Crippen LogP contribution in [0.4, 0.5) is 4.39 Å². The molecule has 3 heterocycles. The van der Waals surface area contributed by atoms with E-state index in [1.807, 2.05) is 4.90 Å². The number of hydrogen-bond acceptors (Lipinski definition) is 3. The first-order valence-electron chi connectivity index (χ1n) is 9.43. The number of fused-ring (bicyclic) bond motifs is 1. The van der Waals surface area contributed by atoms with Crippen molar-refractivity contribution in [2.75, 3.05) is 19.6 Å². The van der Waals surface area contributed by atoms with Crippen LogP contribution in [0.5, 0.6) is 0 Å². The third-order valence-electron chi connectivity index (χ3n) is 5.59. The number of likely N-dealkylation sites (tertiary alicyclic amines) is 1. The molecule has 0 aliphatic carbocycles. The molecular formula is C20H23FN4O2. The van der Waals surface area contributed by atoms with Crippen molar-refractivity contribution in [2.24, 2.45) is 5.92 Å². The molecule has 6 nitrogen and oxygen atoms in total. The number of aromatic nitrogens is 2. The standard InChI is InChI=1S/C20H23FN4O2/c1-13-6-9-24(10-7-13)20(27)18-16-12-25(11-8-17(16)22-23-18)19(26)14-2-4-15(21)5-3-14/h2-5,13H,6-12H2,1H3,(H,22,23). The Labute approximate surface area is 157 Å². The normalized spacial score (nSPS) is 17.7. The molecule has 2 aliphatic rings. The van der Waals surface area contributed by atoms with Gasteiger partial charge in [0, 0.05) is 42.9 Å². The molecule has 1 aromatic heterocycles. The summed E-state index contributed by atoms with van der Waals surface area (Å²) in [4.78, 5) is 29.2. The Bertz CT molecular complexity index is 853. The highest BCUT2D eigenvalue weighted by molar-refractivity contribution is 5.96. The monoisotopic (exact) mass is 370 g/mol. The first-order chi connectivity index (χ1) is 13.0. The number of H-pyrrole nitrogens is 1. The van der Waals surface area contributed by atoms with Crippen molar-refractivity contribution >= 4 is 11.8 Å². The van der Waals surface area contributed by atoms with E-state index in [9.17, 15) is 14.0 Å². The Morgan fingerprint density at radius 1 is 1.07 bits per heavy atom. The smallest absolute Gasteiger partial charge is 0.274 e. The highest BCUT2D eigenvalue weighted by atomic mass is 19.1. The van der Waals surface area contributed by atoms with Gasteiger partial charge in [-0.05, 0) is 43.0 Å². The predicted molar refractivity (Wildman–Crippen MR) is 97.7 cm³/mol. The first-order valence-corrected chi connectivity index (χ1v) is 9.43. The zero-order valence-electron chi connectivity index (χ0n) is 15.4. The average Bonchev–Trinajstić information content (AvgIpc) is 3.11. The van der Waals surface area contributed by atoms with E-state index < -0.39 is 0 Å². The topological polar surface area (TPSA) is 69.3 Å². The van der Waals surface area contributed by atoms with Crippen molar-refractivity contribution in [3.8, 4) is 0 Å². The molecule has 1 aromatic carbocycles. The number of benzene rings is 1. The van der Waals surface area contributed by atoms with E-state index in [0.29, 0.717) is 36.7 Å². The fourth-order valence-corrected chi connectivity index (χ4v) is 3.78. The molecule has 1 fully saturated rings. The summed E-state index contributed by atoms with van der Waals surface area (Å²) in [6, 6.07) is 5.55. The summed E-state index contributed by atoms with van der Waals surface area (Å²) in [5.41, 5.74) is 2.60. The number of carbonyl (C=O) groups is 2. The molecule has 0 saturated carbocycles. The minimum absolute atomic E-state index is 0.0597. The molecule has 2 aliphatic heterocycles. The Hall–Kier alpha value is -2.70. The molecule has 2 aromatic rings. The van der Waals surface area contributed by atoms with Gasteiger partial charge in [0.1, 0.15) is 5.82 Å². The first kappa shape index (κ1) is 17.7. The second kappa shape index (κ2) is 7.13.